The lowest BCUT2D eigenvalue weighted by Crippen LogP contribution is -2.22. The molecule has 6 heteroatoms. The molecule has 2 aromatic carbocycles. The minimum absolute atomic E-state index is 0.515. The number of benzene rings is 2. The number of aromatic nitrogens is 3. The van der Waals surface area contributed by atoms with Gasteiger partial charge in [0.25, 0.3) is 0 Å². The van der Waals surface area contributed by atoms with Gasteiger partial charge in [0.15, 0.2) is 10.6 Å². The van der Waals surface area contributed by atoms with Gasteiger partial charge in [0.2, 0.25) is 0 Å². The van der Waals surface area contributed by atoms with Gasteiger partial charge < -0.3 is 9.30 Å². The summed E-state index contributed by atoms with van der Waals surface area (Å²) in [6, 6.07) is 18.2. The number of ether oxygens (including phenoxy) is 1. The zero-order chi connectivity index (χ0) is 19.2. The molecule has 0 bridgehead atoms. The second-order valence-electron chi connectivity index (χ2n) is 6.43. The largest absolute Gasteiger partial charge is 0.490 e. The zero-order valence-electron chi connectivity index (χ0n) is 15.7. The minimum atomic E-state index is 0.515. The summed E-state index contributed by atoms with van der Waals surface area (Å²) < 4.78 is 10.0. The molecule has 0 fully saturated rings. The molecule has 0 radical (unpaired) electrons. The van der Waals surface area contributed by atoms with Crippen molar-refractivity contribution in [2.45, 2.75) is 13.2 Å². The van der Waals surface area contributed by atoms with Gasteiger partial charge in [-0.15, -0.1) is 0 Å². The molecule has 0 saturated carbocycles. The maximum absolute atomic E-state index is 5.57. The van der Waals surface area contributed by atoms with Crippen LogP contribution in [0.5, 0.6) is 5.75 Å². The van der Waals surface area contributed by atoms with Gasteiger partial charge in [-0.05, 0) is 37.0 Å². The Kier molecular flexibility index (Phi) is 6.21. The van der Waals surface area contributed by atoms with Crippen LogP contribution < -0.4 is 4.74 Å². The van der Waals surface area contributed by atoms with Crippen molar-refractivity contribution in [1.29, 1.82) is 0 Å². The number of hydrogen-bond donors (Lipinski definition) is 0. The average molecular weight is 381 g/mol. The van der Waals surface area contributed by atoms with E-state index < -0.39 is 0 Å². The second-order valence-corrected chi connectivity index (χ2v) is 6.80. The lowest BCUT2D eigenvalue weighted by molar-refractivity contribution is 0.244. The van der Waals surface area contributed by atoms with E-state index in [0.717, 1.165) is 23.7 Å². The smallest absolute Gasteiger partial charge is 0.199 e. The van der Waals surface area contributed by atoms with E-state index in [1.807, 2.05) is 58.8 Å². The lowest BCUT2D eigenvalue weighted by Gasteiger charge is -2.16. The fraction of sp³-hybridized carbons (Fsp3) is 0.238. The van der Waals surface area contributed by atoms with Gasteiger partial charge >= 0.3 is 0 Å². The van der Waals surface area contributed by atoms with Crippen molar-refractivity contribution in [1.82, 2.24) is 19.2 Å². The Labute approximate surface area is 165 Å². The third kappa shape index (κ3) is 4.72. The summed E-state index contributed by atoms with van der Waals surface area (Å²) in [5.41, 5.74) is 2.26. The summed E-state index contributed by atoms with van der Waals surface area (Å²) in [7, 11) is 4.01. The van der Waals surface area contributed by atoms with Crippen LogP contribution in [0.4, 0.5) is 0 Å². The standard InChI is InChI=1S/C21H24N4OS/c1-4-14-26-19-12-10-17(11-13-19)15-23(2)16-25-21(27)24(3)20(22-25)18-8-6-5-7-9-18/h4-13H,1,14-16H2,2-3H3. The summed E-state index contributed by atoms with van der Waals surface area (Å²) in [4.78, 5) is 2.18. The molecular formula is C21H24N4OS. The molecule has 0 spiro atoms. The average Bonchev–Trinajstić information content (AvgIpc) is 2.96. The first-order valence-electron chi connectivity index (χ1n) is 8.79. The van der Waals surface area contributed by atoms with Gasteiger partial charge in [0.05, 0.1) is 6.67 Å². The molecule has 3 rings (SSSR count). The van der Waals surface area contributed by atoms with E-state index in [2.05, 4.69) is 30.7 Å². The summed E-state index contributed by atoms with van der Waals surface area (Å²) in [5.74, 6) is 1.72. The fourth-order valence-corrected chi connectivity index (χ4v) is 3.04. The third-order valence-corrected chi connectivity index (χ3v) is 4.68. The summed E-state index contributed by atoms with van der Waals surface area (Å²) in [6.07, 6.45) is 1.74. The summed E-state index contributed by atoms with van der Waals surface area (Å²) >= 11 is 5.57. The van der Waals surface area contributed by atoms with Gasteiger partial charge in [0.1, 0.15) is 12.4 Å². The van der Waals surface area contributed by atoms with Gasteiger partial charge in [-0.25, -0.2) is 4.68 Å². The minimum Gasteiger partial charge on any atom is -0.490 e. The van der Waals surface area contributed by atoms with Crippen molar-refractivity contribution >= 4 is 12.2 Å². The third-order valence-electron chi connectivity index (χ3n) is 4.19. The van der Waals surface area contributed by atoms with Crippen LogP contribution in [0.25, 0.3) is 11.4 Å². The highest BCUT2D eigenvalue weighted by molar-refractivity contribution is 7.71. The van der Waals surface area contributed by atoms with Crippen LogP contribution in [0.1, 0.15) is 5.56 Å². The molecule has 1 aromatic heterocycles. The molecule has 0 unspecified atom stereocenters. The molecule has 140 valence electrons. The quantitative estimate of drug-likeness (QED) is 0.432. The highest BCUT2D eigenvalue weighted by Crippen LogP contribution is 2.17. The Morgan fingerprint density at radius 3 is 2.52 bits per heavy atom. The molecule has 0 aliphatic rings. The van der Waals surface area contributed by atoms with Crippen LogP contribution in [-0.2, 0) is 20.3 Å². The molecule has 0 aliphatic carbocycles. The van der Waals surface area contributed by atoms with Crippen LogP contribution in [0.2, 0.25) is 0 Å². The highest BCUT2D eigenvalue weighted by Gasteiger charge is 2.11. The lowest BCUT2D eigenvalue weighted by atomic mass is 10.2. The van der Waals surface area contributed by atoms with Gasteiger partial charge in [0, 0.05) is 19.2 Å². The van der Waals surface area contributed by atoms with Crippen molar-refractivity contribution in [3.63, 3.8) is 0 Å². The first-order chi connectivity index (χ1) is 13.1. The molecule has 0 atom stereocenters. The van der Waals surface area contributed by atoms with Gasteiger partial charge in [-0.3, -0.25) is 4.90 Å². The first kappa shape index (κ1) is 19.1. The van der Waals surface area contributed by atoms with Crippen molar-refractivity contribution in [3.8, 4) is 17.1 Å². The van der Waals surface area contributed by atoms with E-state index in [-0.39, 0.29) is 0 Å². The summed E-state index contributed by atoms with van der Waals surface area (Å²) in [6.45, 7) is 5.58. The molecule has 0 amide bonds. The first-order valence-corrected chi connectivity index (χ1v) is 9.19. The maximum atomic E-state index is 5.57. The molecule has 27 heavy (non-hydrogen) atoms. The molecule has 3 aromatic rings. The predicted molar refractivity (Wildman–Crippen MR) is 111 cm³/mol. The van der Waals surface area contributed by atoms with Crippen LogP contribution in [0.3, 0.4) is 0 Å². The SMILES string of the molecule is C=CCOc1ccc(CN(C)Cn2nc(-c3ccccc3)n(C)c2=S)cc1. The van der Waals surface area contributed by atoms with E-state index in [9.17, 15) is 0 Å². The Balaban J connectivity index is 1.68. The van der Waals surface area contributed by atoms with Gasteiger partial charge in [-0.2, -0.15) is 5.10 Å². The topological polar surface area (TPSA) is 35.2 Å². The van der Waals surface area contributed by atoms with Crippen LogP contribution in [0, 0.1) is 4.77 Å². The molecule has 0 N–H and O–H groups in total. The van der Waals surface area contributed by atoms with E-state index in [1.54, 1.807) is 6.08 Å². The molecule has 0 saturated heterocycles. The fourth-order valence-electron chi connectivity index (χ4n) is 2.86. The molecular weight excluding hydrogens is 356 g/mol. The predicted octanol–water partition coefficient (Wildman–Crippen LogP) is 4.27. The van der Waals surface area contributed by atoms with Crippen LogP contribution in [-0.4, -0.2) is 32.9 Å². The van der Waals surface area contributed by atoms with E-state index in [4.69, 9.17) is 22.1 Å². The van der Waals surface area contributed by atoms with E-state index >= 15 is 0 Å². The highest BCUT2D eigenvalue weighted by atomic mass is 32.1. The zero-order valence-corrected chi connectivity index (χ0v) is 16.5. The van der Waals surface area contributed by atoms with Crippen molar-refractivity contribution in [2.75, 3.05) is 13.7 Å². The molecule has 5 nitrogen and oxygen atoms in total. The summed E-state index contributed by atoms with van der Waals surface area (Å²) in [5, 5.41) is 4.71. The normalized spacial score (nSPS) is 10.9. The van der Waals surface area contributed by atoms with Gasteiger partial charge in [-0.1, -0.05) is 55.1 Å². The van der Waals surface area contributed by atoms with Crippen LogP contribution in [0.15, 0.2) is 67.3 Å². The Morgan fingerprint density at radius 1 is 1.15 bits per heavy atom. The monoisotopic (exact) mass is 380 g/mol. The Bertz CT molecular complexity index is 945. The second kappa shape index (κ2) is 8.79. The van der Waals surface area contributed by atoms with Crippen LogP contribution >= 0.6 is 12.2 Å². The Morgan fingerprint density at radius 2 is 1.85 bits per heavy atom. The number of hydrogen-bond acceptors (Lipinski definition) is 4. The number of rotatable bonds is 8. The molecule has 0 aliphatic heterocycles. The Hall–Kier alpha value is -2.70. The van der Waals surface area contributed by atoms with Crippen molar-refractivity contribution in [3.05, 3.63) is 77.6 Å². The van der Waals surface area contributed by atoms with E-state index in [1.165, 1.54) is 5.56 Å². The van der Waals surface area contributed by atoms with Crippen molar-refractivity contribution in [2.24, 2.45) is 7.05 Å². The number of nitrogens with zero attached hydrogens (tertiary/aromatic N) is 4. The van der Waals surface area contributed by atoms with Crippen molar-refractivity contribution < 1.29 is 4.74 Å². The molecule has 1 heterocycles. The maximum Gasteiger partial charge on any atom is 0.199 e. The van der Waals surface area contributed by atoms with E-state index in [0.29, 0.717) is 18.0 Å².